The minimum Gasteiger partial charge on any atom is -0.481 e. The molecule has 0 amide bonds. The summed E-state index contributed by atoms with van der Waals surface area (Å²) < 4.78 is 38.4. The third kappa shape index (κ3) is 3.63. The fourth-order valence-electron chi connectivity index (χ4n) is 1.16. The summed E-state index contributed by atoms with van der Waals surface area (Å²) >= 11 is 0. The molecule has 4 nitrogen and oxygen atoms in total. The van der Waals surface area contributed by atoms with Gasteiger partial charge in [-0.3, -0.25) is 4.79 Å². The molecule has 1 atom stereocenters. The van der Waals surface area contributed by atoms with Gasteiger partial charge >= 0.3 is 5.97 Å². The van der Waals surface area contributed by atoms with Crippen LogP contribution in [0.3, 0.4) is 0 Å². The highest BCUT2D eigenvalue weighted by Crippen LogP contribution is 2.19. The largest absolute Gasteiger partial charge is 0.481 e. The first-order valence-corrected chi connectivity index (χ1v) is 4.69. The molecule has 7 heteroatoms. The second-order valence-corrected chi connectivity index (χ2v) is 3.36. The number of aliphatic hydroxyl groups is 1. The van der Waals surface area contributed by atoms with Crippen molar-refractivity contribution in [2.45, 2.75) is 12.5 Å². The van der Waals surface area contributed by atoms with Crippen LogP contribution >= 0.6 is 0 Å². The SMILES string of the molecule is O=C(O)CC(O)CNc1ccc(F)c(F)c1F. The lowest BCUT2D eigenvalue weighted by molar-refractivity contribution is -0.138. The van der Waals surface area contributed by atoms with Crippen molar-refractivity contribution in [3.8, 4) is 0 Å². The summed E-state index contributed by atoms with van der Waals surface area (Å²) in [6, 6.07) is 1.69. The van der Waals surface area contributed by atoms with Crippen LogP contribution in [0.15, 0.2) is 12.1 Å². The molecule has 0 aromatic heterocycles. The van der Waals surface area contributed by atoms with E-state index in [0.29, 0.717) is 0 Å². The zero-order valence-corrected chi connectivity index (χ0v) is 8.58. The van der Waals surface area contributed by atoms with Crippen LogP contribution in [-0.2, 0) is 4.79 Å². The summed E-state index contributed by atoms with van der Waals surface area (Å²) in [5.41, 5.74) is -0.340. The van der Waals surface area contributed by atoms with Crippen LogP contribution in [-0.4, -0.2) is 28.8 Å². The van der Waals surface area contributed by atoms with Crippen LogP contribution in [0, 0.1) is 17.5 Å². The van der Waals surface area contributed by atoms with Gasteiger partial charge in [-0.15, -0.1) is 0 Å². The molecule has 0 fully saturated rings. The van der Waals surface area contributed by atoms with Gasteiger partial charge in [-0.2, -0.15) is 0 Å². The molecule has 17 heavy (non-hydrogen) atoms. The molecule has 0 bridgehead atoms. The molecule has 0 heterocycles. The molecular formula is C10H10F3NO3. The first kappa shape index (κ1) is 13.3. The zero-order chi connectivity index (χ0) is 13.0. The Kier molecular flexibility index (Phi) is 4.33. The van der Waals surface area contributed by atoms with Gasteiger partial charge in [-0.25, -0.2) is 13.2 Å². The topological polar surface area (TPSA) is 69.6 Å². The number of carbonyl (C=O) groups is 1. The second-order valence-electron chi connectivity index (χ2n) is 3.36. The lowest BCUT2D eigenvalue weighted by Gasteiger charge is -2.11. The molecule has 3 N–H and O–H groups in total. The predicted molar refractivity (Wildman–Crippen MR) is 53.1 cm³/mol. The van der Waals surface area contributed by atoms with Crippen LogP contribution < -0.4 is 5.32 Å². The van der Waals surface area contributed by atoms with Crippen LogP contribution in [0.25, 0.3) is 0 Å². The molecule has 1 unspecified atom stereocenters. The number of nitrogens with one attached hydrogen (secondary N) is 1. The summed E-state index contributed by atoms with van der Waals surface area (Å²) in [7, 11) is 0. The van der Waals surface area contributed by atoms with E-state index in [4.69, 9.17) is 10.2 Å². The Morgan fingerprint density at radius 2 is 1.94 bits per heavy atom. The van der Waals surface area contributed by atoms with Gasteiger partial charge in [-0.1, -0.05) is 0 Å². The van der Waals surface area contributed by atoms with E-state index >= 15 is 0 Å². The molecule has 0 saturated carbocycles. The van der Waals surface area contributed by atoms with Crippen molar-refractivity contribution in [3.05, 3.63) is 29.6 Å². The molecule has 0 aliphatic rings. The number of benzene rings is 1. The monoisotopic (exact) mass is 249 g/mol. The van der Waals surface area contributed by atoms with Gasteiger partial charge in [0.1, 0.15) is 0 Å². The number of anilines is 1. The van der Waals surface area contributed by atoms with Crippen LogP contribution in [0.5, 0.6) is 0 Å². The molecule has 0 radical (unpaired) electrons. The molecule has 0 aliphatic carbocycles. The van der Waals surface area contributed by atoms with Crippen LogP contribution in [0.2, 0.25) is 0 Å². The standard InChI is InChI=1S/C10H10F3NO3/c11-6-1-2-7(10(13)9(6)12)14-4-5(15)3-8(16)17/h1-2,5,14-15H,3-4H2,(H,16,17). The number of carboxylic acids is 1. The van der Waals surface area contributed by atoms with E-state index in [-0.39, 0.29) is 12.2 Å². The van der Waals surface area contributed by atoms with Crippen molar-refractivity contribution in [2.24, 2.45) is 0 Å². The van der Waals surface area contributed by atoms with Gasteiger partial charge in [0.05, 0.1) is 18.2 Å². The fraction of sp³-hybridized carbons (Fsp3) is 0.300. The number of carboxylic acid groups (broad SMARTS) is 1. The highest BCUT2D eigenvalue weighted by Gasteiger charge is 2.15. The van der Waals surface area contributed by atoms with Crippen molar-refractivity contribution in [1.82, 2.24) is 0 Å². The maximum atomic E-state index is 13.1. The van der Waals surface area contributed by atoms with Crippen molar-refractivity contribution in [3.63, 3.8) is 0 Å². The minimum atomic E-state index is -1.62. The van der Waals surface area contributed by atoms with Crippen LogP contribution in [0.4, 0.5) is 18.9 Å². The maximum Gasteiger partial charge on any atom is 0.306 e. The van der Waals surface area contributed by atoms with E-state index in [1.165, 1.54) is 0 Å². The summed E-state index contributed by atoms with van der Waals surface area (Å²) in [5.74, 6) is -5.57. The van der Waals surface area contributed by atoms with E-state index in [0.717, 1.165) is 12.1 Å². The van der Waals surface area contributed by atoms with Gasteiger partial charge in [0, 0.05) is 6.54 Å². The highest BCUT2D eigenvalue weighted by atomic mass is 19.2. The van der Waals surface area contributed by atoms with E-state index in [2.05, 4.69) is 5.32 Å². The Balaban J connectivity index is 2.64. The van der Waals surface area contributed by atoms with Crippen molar-refractivity contribution in [1.29, 1.82) is 0 Å². The van der Waals surface area contributed by atoms with Gasteiger partial charge in [0.15, 0.2) is 17.5 Å². The van der Waals surface area contributed by atoms with Crippen LogP contribution in [0.1, 0.15) is 6.42 Å². The average molecular weight is 249 g/mol. The van der Waals surface area contributed by atoms with Gasteiger partial charge in [-0.05, 0) is 12.1 Å². The Labute approximate surface area is 94.7 Å². The minimum absolute atomic E-state index is 0.283. The van der Waals surface area contributed by atoms with Gasteiger partial charge < -0.3 is 15.5 Å². The second kappa shape index (κ2) is 5.53. The quantitative estimate of drug-likeness (QED) is 0.689. The Morgan fingerprint density at radius 1 is 1.29 bits per heavy atom. The predicted octanol–water partition coefficient (Wildman–Crippen LogP) is 1.35. The lowest BCUT2D eigenvalue weighted by Crippen LogP contribution is -2.23. The molecule has 1 aromatic carbocycles. The number of halogens is 3. The van der Waals surface area contributed by atoms with E-state index < -0.39 is 35.9 Å². The number of hydrogen-bond donors (Lipinski definition) is 3. The summed E-state index contributed by atoms with van der Waals surface area (Å²) in [4.78, 5) is 10.2. The molecule has 94 valence electrons. The normalized spacial score (nSPS) is 12.2. The van der Waals surface area contributed by atoms with Crippen molar-refractivity contribution in [2.75, 3.05) is 11.9 Å². The molecule has 1 rings (SSSR count). The summed E-state index contributed by atoms with van der Waals surface area (Å²) in [6.45, 7) is -0.283. The molecule has 1 aromatic rings. The average Bonchev–Trinajstić information content (AvgIpc) is 2.24. The van der Waals surface area contributed by atoms with E-state index in [9.17, 15) is 18.0 Å². The fourth-order valence-corrected chi connectivity index (χ4v) is 1.16. The Morgan fingerprint density at radius 3 is 2.53 bits per heavy atom. The summed E-state index contributed by atoms with van der Waals surface area (Å²) in [5, 5.41) is 19.8. The van der Waals surface area contributed by atoms with Crippen molar-refractivity contribution >= 4 is 11.7 Å². The number of aliphatic carboxylic acids is 1. The first-order chi connectivity index (χ1) is 7.91. The lowest BCUT2D eigenvalue weighted by atomic mass is 10.2. The molecule has 0 saturated heterocycles. The zero-order valence-electron chi connectivity index (χ0n) is 8.58. The number of hydrogen-bond acceptors (Lipinski definition) is 3. The van der Waals surface area contributed by atoms with Crippen molar-refractivity contribution < 1.29 is 28.2 Å². The van der Waals surface area contributed by atoms with E-state index in [1.54, 1.807) is 0 Å². The highest BCUT2D eigenvalue weighted by molar-refractivity contribution is 5.67. The Hall–Kier alpha value is -1.76. The first-order valence-electron chi connectivity index (χ1n) is 4.69. The third-order valence-corrected chi connectivity index (χ3v) is 1.97. The number of aliphatic hydroxyl groups excluding tert-OH is 1. The third-order valence-electron chi connectivity index (χ3n) is 1.97. The number of rotatable bonds is 5. The smallest absolute Gasteiger partial charge is 0.306 e. The van der Waals surface area contributed by atoms with Gasteiger partial charge in [0.25, 0.3) is 0 Å². The molecular weight excluding hydrogens is 239 g/mol. The summed E-state index contributed by atoms with van der Waals surface area (Å²) in [6.07, 6.45) is -1.78. The van der Waals surface area contributed by atoms with E-state index in [1.807, 2.05) is 0 Å². The maximum absolute atomic E-state index is 13.1. The molecule has 0 spiro atoms. The van der Waals surface area contributed by atoms with Gasteiger partial charge in [0.2, 0.25) is 0 Å². The molecule has 0 aliphatic heterocycles. The Bertz CT molecular complexity index is 426.